The maximum Gasteiger partial charge on any atom is 0.368 e. The molecule has 2 aromatic carbocycles. The van der Waals surface area contributed by atoms with Crippen LogP contribution in [-0.2, 0) is 0 Å². The first-order valence-electron chi connectivity index (χ1n) is 8.12. The van der Waals surface area contributed by atoms with Crippen molar-refractivity contribution in [3.63, 3.8) is 0 Å². The van der Waals surface area contributed by atoms with Gasteiger partial charge in [0.2, 0.25) is 0 Å². The van der Waals surface area contributed by atoms with Crippen LogP contribution in [0.1, 0.15) is 20.7 Å². The maximum atomic E-state index is 11.3. The van der Waals surface area contributed by atoms with Crippen LogP contribution in [0.2, 0.25) is 0 Å². The summed E-state index contributed by atoms with van der Waals surface area (Å²) in [5.41, 5.74) is 12.1. The summed E-state index contributed by atoms with van der Waals surface area (Å²) in [5.74, 6) is -0.304. The van der Waals surface area contributed by atoms with Gasteiger partial charge in [-0.3, -0.25) is 14.4 Å². The van der Waals surface area contributed by atoms with Crippen molar-refractivity contribution in [2.24, 2.45) is 21.5 Å². The Bertz CT molecular complexity index is 1280. The van der Waals surface area contributed by atoms with Gasteiger partial charge in [0.1, 0.15) is 0 Å². The van der Waals surface area contributed by atoms with Crippen molar-refractivity contribution < 1.29 is 14.4 Å². The van der Waals surface area contributed by atoms with Gasteiger partial charge in [-0.2, -0.15) is 9.98 Å². The molecule has 0 aliphatic carbocycles. The van der Waals surface area contributed by atoms with Gasteiger partial charge in [0.25, 0.3) is 0 Å². The number of rotatable bonds is 4. The van der Waals surface area contributed by atoms with Gasteiger partial charge in [-0.1, -0.05) is 11.3 Å². The number of benzene rings is 2. The van der Waals surface area contributed by atoms with Crippen LogP contribution < -0.4 is 27.1 Å². The number of fused-ring (bicyclic) bond motifs is 2. The van der Waals surface area contributed by atoms with Gasteiger partial charge in [0.15, 0.2) is 11.6 Å². The summed E-state index contributed by atoms with van der Waals surface area (Å²) < 4.78 is 0.851. The lowest BCUT2D eigenvalue weighted by molar-refractivity contribution is 0.0993. The molecule has 0 radical (unpaired) electrons. The molecule has 9 nitrogen and oxygen atoms in total. The second-order valence-electron chi connectivity index (χ2n) is 5.69. The van der Waals surface area contributed by atoms with Gasteiger partial charge in [0, 0.05) is 11.1 Å². The fraction of sp³-hybridized carbons (Fsp3) is 0.111. The number of nitrogens with two attached hydrogens (primary N) is 2. The highest BCUT2D eigenvalue weighted by Crippen LogP contribution is 2.16. The van der Waals surface area contributed by atoms with E-state index in [2.05, 4.69) is 15.0 Å². The molecule has 5 N–H and O–H groups in total. The summed E-state index contributed by atoms with van der Waals surface area (Å²) in [7, 11) is 0. The van der Waals surface area contributed by atoms with Crippen LogP contribution in [0, 0.1) is 0 Å². The molecule has 2 heterocycles. The minimum atomic E-state index is -0.530. The average Bonchev–Trinajstić information content (AvgIpc) is 3.25. The summed E-state index contributed by atoms with van der Waals surface area (Å²) in [4.78, 5) is 54.1. The minimum Gasteiger partial charge on any atom is -0.324 e. The first kappa shape index (κ1) is 19.4. The zero-order chi connectivity index (χ0) is 20.3. The van der Waals surface area contributed by atoms with Crippen molar-refractivity contribution in [2.45, 2.75) is 0 Å². The highest BCUT2D eigenvalue weighted by molar-refractivity contribution is 7.16. The Morgan fingerprint density at radius 3 is 2.18 bits per heavy atom. The van der Waals surface area contributed by atoms with Crippen LogP contribution in [0.4, 0.5) is 4.79 Å². The van der Waals surface area contributed by atoms with Gasteiger partial charge in [-0.05, 0) is 36.4 Å². The number of H-pyrrole nitrogens is 1. The third kappa shape index (κ3) is 4.14. The van der Waals surface area contributed by atoms with Gasteiger partial charge in [-0.15, -0.1) is 0 Å². The molecule has 0 saturated heterocycles. The van der Waals surface area contributed by atoms with E-state index in [9.17, 15) is 19.2 Å². The Morgan fingerprint density at radius 2 is 1.50 bits per heavy atom. The number of aromatic amines is 1. The minimum absolute atomic E-state index is 0.0140. The van der Waals surface area contributed by atoms with Crippen LogP contribution in [-0.4, -0.2) is 35.7 Å². The summed E-state index contributed by atoms with van der Waals surface area (Å²) in [6.45, 7) is -0.0657. The van der Waals surface area contributed by atoms with Crippen LogP contribution in [0.15, 0.2) is 51.2 Å². The lowest BCUT2D eigenvalue weighted by atomic mass is 10.1. The number of hydrogen-bond donors (Lipinski definition) is 3. The molecule has 0 unspecified atom stereocenters. The molecule has 28 heavy (non-hydrogen) atoms. The number of thiazole rings is 1. The highest BCUT2D eigenvalue weighted by Gasteiger charge is 2.08. The number of hydrogen-bond acceptors (Lipinski definition) is 7. The molecule has 0 bridgehead atoms. The predicted molar refractivity (Wildman–Crippen MR) is 103 cm³/mol. The summed E-state index contributed by atoms with van der Waals surface area (Å²) in [6, 6.07) is 9.26. The first-order valence-corrected chi connectivity index (χ1v) is 8.94. The van der Waals surface area contributed by atoms with Crippen LogP contribution in [0.25, 0.3) is 10.2 Å². The number of Topliss-reactive ketones (excluding diaryl/α,β-unsaturated/α-hetero) is 2. The van der Waals surface area contributed by atoms with E-state index in [-0.39, 0.29) is 29.5 Å². The van der Waals surface area contributed by atoms with E-state index >= 15 is 0 Å². The quantitative estimate of drug-likeness (QED) is 0.522. The van der Waals surface area contributed by atoms with Gasteiger partial charge < -0.3 is 16.5 Å². The molecule has 4 rings (SSSR count). The number of ketones is 2. The molecule has 1 aromatic heterocycles. The van der Waals surface area contributed by atoms with Crippen molar-refractivity contribution in [1.82, 2.24) is 4.98 Å². The Hall–Kier alpha value is -3.34. The third-order valence-corrected chi connectivity index (χ3v) is 4.70. The molecule has 1 aliphatic rings. The van der Waals surface area contributed by atoms with E-state index in [1.807, 2.05) is 0 Å². The van der Waals surface area contributed by atoms with Crippen molar-refractivity contribution in [1.29, 1.82) is 0 Å². The second-order valence-corrected chi connectivity index (χ2v) is 6.70. The second kappa shape index (κ2) is 8.13. The number of urea groups is 1. The standard InChI is InChI=1S/C9H7N3O2.C9H8N2O2S/c10-4-8(13)5-1-2-6-7(3-5)12-9(14)11-6;10-4-7(12)5-1-2-8-6(3-5)11-9(13)14-8/h1-3H,4,10H2;1-3H,4,10H2,(H,11,13). The summed E-state index contributed by atoms with van der Waals surface area (Å²) in [6.07, 6.45) is 0. The van der Waals surface area contributed by atoms with E-state index in [0.717, 1.165) is 16.0 Å². The molecule has 0 saturated carbocycles. The first-order chi connectivity index (χ1) is 13.4. The lowest BCUT2D eigenvalue weighted by Gasteiger charge is -1.96. The molecule has 1 aliphatic heterocycles. The number of nitrogens with one attached hydrogen (secondary N) is 1. The lowest BCUT2D eigenvalue weighted by Crippen LogP contribution is -2.24. The fourth-order valence-electron chi connectivity index (χ4n) is 2.47. The average molecular weight is 397 g/mol. The Balaban J connectivity index is 0.000000161. The molecule has 3 aromatic rings. The third-order valence-electron chi connectivity index (χ3n) is 3.84. The molecular weight excluding hydrogens is 382 g/mol. The number of carbonyl (C=O) groups excluding carboxylic acids is 3. The SMILES string of the molecule is NCC(=O)c1ccc2c(c1)=NC(=O)N=2.NCC(=O)c1ccc2sc(=O)[nH]c2c1. The van der Waals surface area contributed by atoms with Crippen LogP contribution in [0.3, 0.4) is 0 Å². The van der Waals surface area contributed by atoms with E-state index in [0.29, 0.717) is 27.4 Å². The predicted octanol–water partition coefficient (Wildman–Crippen LogP) is -0.0682. The smallest absolute Gasteiger partial charge is 0.324 e. The molecule has 0 atom stereocenters. The van der Waals surface area contributed by atoms with Gasteiger partial charge in [-0.25, -0.2) is 4.79 Å². The number of carbonyl (C=O) groups is 3. The topological polar surface area (TPSA) is 161 Å². The summed E-state index contributed by atoms with van der Waals surface area (Å²) >= 11 is 1.13. The number of amides is 2. The zero-order valence-corrected chi connectivity index (χ0v) is 15.3. The molecule has 0 spiro atoms. The zero-order valence-electron chi connectivity index (χ0n) is 14.5. The van der Waals surface area contributed by atoms with Gasteiger partial charge >= 0.3 is 10.9 Å². The van der Waals surface area contributed by atoms with Crippen molar-refractivity contribution in [3.8, 4) is 0 Å². The highest BCUT2D eigenvalue weighted by atomic mass is 32.1. The normalized spacial score (nSPS) is 11.9. The molecule has 0 fully saturated rings. The molecular formula is C18H15N5O4S. The van der Waals surface area contributed by atoms with E-state index in [4.69, 9.17) is 11.5 Å². The monoisotopic (exact) mass is 397 g/mol. The Kier molecular flexibility index (Phi) is 5.64. The van der Waals surface area contributed by atoms with Crippen molar-refractivity contribution >= 4 is 39.2 Å². The van der Waals surface area contributed by atoms with E-state index < -0.39 is 6.03 Å². The fourth-order valence-corrected chi connectivity index (χ4v) is 3.19. The van der Waals surface area contributed by atoms with Crippen LogP contribution in [0.5, 0.6) is 0 Å². The number of nitrogens with zero attached hydrogens (tertiary/aromatic N) is 2. The van der Waals surface area contributed by atoms with Crippen molar-refractivity contribution in [3.05, 3.63) is 67.9 Å². The molecule has 142 valence electrons. The number of aromatic nitrogens is 1. The van der Waals surface area contributed by atoms with E-state index in [1.54, 1.807) is 30.3 Å². The van der Waals surface area contributed by atoms with Crippen LogP contribution >= 0.6 is 11.3 Å². The maximum absolute atomic E-state index is 11.3. The Labute approximate surface area is 161 Å². The molecule has 10 heteroatoms. The Morgan fingerprint density at radius 1 is 0.893 bits per heavy atom. The van der Waals surface area contributed by atoms with E-state index in [1.165, 1.54) is 6.07 Å². The largest absolute Gasteiger partial charge is 0.368 e. The van der Waals surface area contributed by atoms with Crippen molar-refractivity contribution in [2.75, 3.05) is 13.1 Å². The molecule has 2 amide bonds. The van der Waals surface area contributed by atoms with Gasteiger partial charge in [0.05, 0.1) is 34.0 Å². The summed E-state index contributed by atoms with van der Waals surface area (Å²) in [5, 5.41) is 0.942.